The maximum absolute atomic E-state index is 12.8. The van der Waals surface area contributed by atoms with E-state index in [1.165, 1.54) is 12.4 Å². The summed E-state index contributed by atoms with van der Waals surface area (Å²) >= 11 is 0. The Bertz CT molecular complexity index is 1270. The van der Waals surface area contributed by atoms with Gasteiger partial charge in [-0.2, -0.15) is 13.2 Å². The molecule has 2 fully saturated rings. The Balaban J connectivity index is 1.33. The van der Waals surface area contributed by atoms with E-state index in [1.54, 1.807) is 10.9 Å². The zero-order valence-electron chi connectivity index (χ0n) is 19.6. The molecule has 11 nitrogen and oxygen atoms in total. The smallest absolute Gasteiger partial charge is 0.417 e. The van der Waals surface area contributed by atoms with Gasteiger partial charge < -0.3 is 30.1 Å². The average molecular weight is 522 g/mol. The van der Waals surface area contributed by atoms with Gasteiger partial charge in [0.05, 0.1) is 17.8 Å². The molecular weight excluding hydrogens is 495 g/mol. The number of aliphatic carboxylic acids is 1. The van der Waals surface area contributed by atoms with Crippen LogP contribution in [0.15, 0.2) is 31.0 Å². The molecule has 1 unspecified atom stereocenters. The second kappa shape index (κ2) is 9.74. The van der Waals surface area contributed by atoms with E-state index in [1.807, 2.05) is 4.90 Å². The Morgan fingerprint density at radius 2 is 1.89 bits per heavy atom. The summed E-state index contributed by atoms with van der Waals surface area (Å²) in [6, 6.07) is 1.89. The number of imidazole rings is 1. The van der Waals surface area contributed by atoms with Crippen LogP contribution in [-0.2, 0) is 11.0 Å². The molecule has 0 spiro atoms. The van der Waals surface area contributed by atoms with Crippen LogP contribution >= 0.6 is 0 Å². The SMILES string of the molecule is O=C(O)[C@@H]1C[C@@H](n2cnc3c(NC4CCN(c5ccc(C(F)(F)F)cn5)C4)ncnc32)[C@@H](CO)[C@@H]1CO. The topological polar surface area (TPSA) is 150 Å². The van der Waals surface area contributed by atoms with Crippen molar-refractivity contribution in [2.24, 2.45) is 17.8 Å². The summed E-state index contributed by atoms with van der Waals surface area (Å²) < 4.78 is 40.2. The van der Waals surface area contributed by atoms with Gasteiger partial charge in [-0.15, -0.1) is 0 Å². The number of hydrogen-bond donors (Lipinski definition) is 4. The Kier molecular flexibility index (Phi) is 6.62. The Labute approximate surface area is 209 Å². The minimum atomic E-state index is -4.44. The number of carboxylic acid groups (broad SMARTS) is 1. The van der Waals surface area contributed by atoms with Crippen LogP contribution in [0.5, 0.6) is 0 Å². The highest BCUT2D eigenvalue weighted by molar-refractivity contribution is 5.83. The first-order chi connectivity index (χ1) is 17.7. The van der Waals surface area contributed by atoms with Crippen LogP contribution in [0.2, 0.25) is 0 Å². The van der Waals surface area contributed by atoms with Gasteiger partial charge in [-0.05, 0) is 25.0 Å². The molecule has 3 aromatic heterocycles. The molecule has 14 heteroatoms. The van der Waals surface area contributed by atoms with E-state index in [9.17, 15) is 33.3 Å². The summed E-state index contributed by atoms with van der Waals surface area (Å²) in [4.78, 5) is 30.7. The monoisotopic (exact) mass is 521 g/mol. The van der Waals surface area contributed by atoms with Gasteiger partial charge in [0.15, 0.2) is 11.5 Å². The number of aliphatic hydroxyl groups excluding tert-OH is 2. The summed E-state index contributed by atoms with van der Waals surface area (Å²) in [5.41, 5.74) is 0.155. The minimum absolute atomic E-state index is 0.0702. The van der Waals surface area contributed by atoms with Crippen molar-refractivity contribution in [3.63, 3.8) is 0 Å². The van der Waals surface area contributed by atoms with Gasteiger partial charge in [-0.3, -0.25) is 4.79 Å². The first-order valence-electron chi connectivity index (χ1n) is 11.9. The number of carboxylic acids is 1. The zero-order chi connectivity index (χ0) is 26.3. The number of alkyl halides is 3. The number of halogens is 3. The van der Waals surface area contributed by atoms with Gasteiger partial charge in [0.1, 0.15) is 17.7 Å². The second-order valence-corrected chi connectivity index (χ2v) is 9.47. The highest BCUT2D eigenvalue weighted by Gasteiger charge is 2.47. The lowest BCUT2D eigenvalue weighted by molar-refractivity contribution is -0.144. The van der Waals surface area contributed by atoms with E-state index in [0.717, 1.165) is 12.3 Å². The van der Waals surface area contributed by atoms with Crippen molar-refractivity contribution in [3.8, 4) is 0 Å². The maximum Gasteiger partial charge on any atom is 0.417 e. The van der Waals surface area contributed by atoms with Gasteiger partial charge in [-0.25, -0.2) is 19.9 Å². The van der Waals surface area contributed by atoms with Crippen LogP contribution in [0.4, 0.5) is 24.8 Å². The van der Waals surface area contributed by atoms with Crippen molar-refractivity contribution in [2.75, 3.05) is 36.5 Å². The molecular formula is C23H26F3N7O4. The molecule has 0 amide bonds. The molecule has 4 heterocycles. The first-order valence-corrected chi connectivity index (χ1v) is 11.9. The number of rotatable bonds is 7. The second-order valence-electron chi connectivity index (χ2n) is 9.47. The Morgan fingerprint density at radius 1 is 1.11 bits per heavy atom. The molecule has 1 aliphatic carbocycles. The lowest BCUT2D eigenvalue weighted by atomic mass is 9.90. The standard InChI is InChI=1S/C23H26F3N7O4/c24-23(25,26)12-1-2-18(27-6-12)32-4-3-13(7-32)31-20-19-21(29-10-28-20)33(11-30-19)17-5-14(22(36)37)15(8-34)16(17)9-35/h1-2,6,10-11,13-17,34-35H,3-5,7-9H2,(H,36,37)(H,28,29,31)/t13?,14-,15-,16+,17-/m1/s1. The fourth-order valence-electron chi connectivity index (χ4n) is 5.54. The zero-order valence-corrected chi connectivity index (χ0v) is 19.6. The summed E-state index contributed by atoms with van der Waals surface area (Å²) in [5, 5.41) is 32.7. The molecule has 37 heavy (non-hydrogen) atoms. The van der Waals surface area contributed by atoms with Crippen molar-refractivity contribution >= 4 is 28.8 Å². The van der Waals surface area contributed by atoms with E-state index < -0.39 is 41.5 Å². The van der Waals surface area contributed by atoms with E-state index >= 15 is 0 Å². The summed E-state index contributed by atoms with van der Waals surface area (Å²) in [5.74, 6) is -1.95. The number of hydrogen-bond acceptors (Lipinski definition) is 9. The summed E-state index contributed by atoms with van der Waals surface area (Å²) in [7, 11) is 0. The number of nitrogens with zero attached hydrogens (tertiary/aromatic N) is 6. The maximum atomic E-state index is 12.8. The van der Waals surface area contributed by atoms with Crippen molar-refractivity contribution in [3.05, 3.63) is 36.5 Å². The minimum Gasteiger partial charge on any atom is -0.481 e. The lowest BCUT2D eigenvalue weighted by Gasteiger charge is -2.23. The van der Waals surface area contributed by atoms with Gasteiger partial charge in [-0.1, -0.05) is 0 Å². The predicted octanol–water partition coefficient (Wildman–Crippen LogP) is 1.79. The van der Waals surface area contributed by atoms with Crippen LogP contribution in [0.1, 0.15) is 24.4 Å². The molecule has 0 bridgehead atoms. The van der Waals surface area contributed by atoms with Crippen molar-refractivity contribution in [1.82, 2.24) is 24.5 Å². The molecule has 0 aromatic carbocycles. The molecule has 5 atom stereocenters. The molecule has 2 aliphatic rings. The number of anilines is 2. The molecule has 0 radical (unpaired) electrons. The highest BCUT2D eigenvalue weighted by atomic mass is 19.4. The largest absolute Gasteiger partial charge is 0.481 e. The van der Waals surface area contributed by atoms with Gasteiger partial charge in [0.25, 0.3) is 0 Å². The van der Waals surface area contributed by atoms with Crippen LogP contribution in [0.25, 0.3) is 11.2 Å². The molecule has 3 aromatic rings. The highest BCUT2D eigenvalue weighted by Crippen LogP contribution is 2.45. The van der Waals surface area contributed by atoms with E-state index in [0.29, 0.717) is 42.3 Å². The van der Waals surface area contributed by atoms with Gasteiger partial charge in [0.2, 0.25) is 0 Å². The van der Waals surface area contributed by atoms with Gasteiger partial charge in [0, 0.05) is 56.4 Å². The molecule has 4 N–H and O–H groups in total. The number of aliphatic hydroxyl groups is 2. The van der Waals surface area contributed by atoms with Crippen molar-refractivity contribution < 1.29 is 33.3 Å². The van der Waals surface area contributed by atoms with Crippen LogP contribution in [0.3, 0.4) is 0 Å². The van der Waals surface area contributed by atoms with Crippen LogP contribution < -0.4 is 10.2 Å². The van der Waals surface area contributed by atoms with Crippen LogP contribution in [0, 0.1) is 17.8 Å². The van der Waals surface area contributed by atoms with E-state index in [-0.39, 0.29) is 25.7 Å². The van der Waals surface area contributed by atoms with Gasteiger partial charge >= 0.3 is 12.1 Å². The average Bonchev–Trinajstić information content (AvgIpc) is 3.60. The quantitative estimate of drug-likeness (QED) is 0.362. The lowest BCUT2D eigenvalue weighted by Crippen LogP contribution is -2.28. The van der Waals surface area contributed by atoms with E-state index in [4.69, 9.17) is 0 Å². The summed E-state index contributed by atoms with van der Waals surface area (Å²) in [6.45, 7) is 0.459. The van der Waals surface area contributed by atoms with Crippen molar-refractivity contribution in [2.45, 2.75) is 31.1 Å². The van der Waals surface area contributed by atoms with E-state index in [2.05, 4.69) is 25.3 Å². The fraction of sp³-hybridized carbons (Fsp3) is 0.522. The third kappa shape index (κ3) is 4.66. The Hall–Kier alpha value is -3.52. The predicted molar refractivity (Wildman–Crippen MR) is 125 cm³/mol. The molecule has 1 saturated heterocycles. The first kappa shape index (κ1) is 25.1. The normalized spacial score (nSPS) is 26.2. The number of nitrogens with one attached hydrogen (secondary N) is 1. The number of pyridine rings is 1. The fourth-order valence-corrected chi connectivity index (χ4v) is 5.54. The molecule has 5 rings (SSSR count). The van der Waals surface area contributed by atoms with Crippen molar-refractivity contribution in [1.29, 1.82) is 0 Å². The van der Waals surface area contributed by atoms with Crippen LogP contribution in [-0.4, -0.2) is 78.1 Å². The molecule has 1 aliphatic heterocycles. The third-order valence-electron chi connectivity index (χ3n) is 7.44. The third-order valence-corrected chi connectivity index (χ3v) is 7.44. The summed E-state index contributed by atoms with van der Waals surface area (Å²) in [6.07, 6.45) is 0.225. The number of carbonyl (C=O) groups is 1. The number of aromatic nitrogens is 5. The molecule has 198 valence electrons. The Morgan fingerprint density at radius 3 is 2.54 bits per heavy atom. The molecule has 1 saturated carbocycles. The number of fused-ring (bicyclic) bond motifs is 1.